The lowest BCUT2D eigenvalue weighted by Crippen LogP contribution is -2.26. The SMILES string of the molecule is Cc1cn(CC2CSCCS2)c(NC2CCCCC2)n1. The molecule has 2 aliphatic rings. The van der Waals surface area contributed by atoms with Crippen LogP contribution in [0, 0.1) is 6.92 Å². The maximum atomic E-state index is 4.71. The Kier molecular flexibility index (Phi) is 5.21. The van der Waals surface area contributed by atoms with E-state index in [2.05, 4.69) is 46.5 Å². The van der Waals surface area contributed by atoms with E-state index in [9.17, 15) is 0 Å². The number of aryl methyl sites for hydroxylation is 1. The summed E-state index contributed by atoms with van der Waals surface area (Å²) in [5.41, 5.74) is 1.14. The molecule has 20 heavy (non-hydrogen) atoms. The summed E-state index contributed by atoms with van der Waals surface area (Å²) in [7, 11) is 0. The molecule has 3 nitrogen and oxygen atoms in total. The van der Waals surface area contributed by atoms with Gasteiger partial charge in [-0.3, -0.25) is 0 Å². The number of rotatable bonds is 4. The highest BCUT2D eigenvalue weighted by molar-refractivity contribution is 8.06. The Balaban J connectivity index is 1.63. The van der Waals surface area contributed by atoms with Gasteiger partial charge in [0.25, 0.3) is 0 Å². The molecule has 1 atom stereocenters. The Bertz CT molecular complexity index is 383. The van der Waals surface area contributed by atoms with Crippen molar-refractivity contribution in [1.29, 1.82) is 0 Å². The van der Waals surface area contributed by atoms with Crippen molar-refractivity contribution in [3.8, 4) is 0 Å². The minimum Gasteiger partial charge on any atom is -0.353 e. The number of imidazole rings is 1. The number of nitrogens with one attached hydrogen (secondary N) is 1. The minimum absolute atomic E-state index is 0.637. The van der Waals surface area contributed by atoms with E-state index in [0.29, 0.717) is 6.04 Å². The van der Waals surface area contributed by atoms with Crippen LogP contribution in [0.25, 0.3) is 0 Å². The summed E-state index contributed by atoms with van der Waals surface area (Å²) in [6.07, 6.45) is 8.96. The van der Waals surface area contributed by atoms with Crippen LogP contribution < -0.4 is 5.32 Å². The quantitative estimate of drug-likeness (QED) is 0.916. The molecule has 0 radical (unpaired) electrons. The van der Waals surface area contributed by atoms with Gasteiger partial charge in [0.15, 0.2) is 0 Å². The van der Waals surface area contributed by atoms with E-state index in [0.717, 1.165) is 23.4 Å². The molecule has 1 saturated carbocycles. The molecule has 1 aromatic rings. The third-order valence-electron chi connectivity index (χ3n) is 4.12. The van der Waals surface area contributed by atoms with E-state index < -0.39 is 0 Å². The lowest BCUT2D eigenvalue weighted by Gasteiger charge is -2.25. The van der Waals surface area contributed by atoms with Crippen molar-refractivity contribution in [2.75, 3.05) is 22.6 Å². The Morgan fingerprint density at radius 3 is 2.90 bits per heavy atom. The van der Waals surface area contributed by atoms with Crippen molar-refractivity contribution in [3.63, 3.8) is 0 Å². The molecule has 0 spiro atoms. The molecule has 1 aliphatic heterocycles. The fourth-order valence-corrected chi connectivity index (χ4v) is 5.76. The van der Waals surface area contributed by atoms with Gasteiger partial charge in [-0.15, -0.1) is 0 Å². The highest BCUT2D eigenvalue weighted by atomic mass is 32.2. The molecule has 1 unspecified atom stereocenters. The zero-order valence-corrected chi connectivity index (χ0v) is 13.9. The highest BCUT2D eigenvalue weighted by Gasteiger charge is 2.19. The number of anilines is 1. The molecular weight excluding hydrogens is 286 g/mol. The molecule has 0 aromatic carbocycles. The summed E-state index contributed by atoms with van der Waals surface area (Å²) >= 11 is 4.22. The second kappa shape index (κ2) is 7.12. The van der Waals surface area contributed by atoms with Crippen LogP contribution in [-0.2, 0) is 6.54 Å². The second-order valence-electron chi connectivity index (χ2n) is 5.91. The highest BCUT2D eigenvalue weighted by Crippen LogP contribution is 2.27. The Hall–Kier alpha value is -0.290. The van der Waals surface area contributed by atoms with Crippen LogP contribution in [0.2, 0.25) is 0 Å². The second-order valence-corrected chi connectivity index (χ2v) is 8.46. The number of nitrogens with zero attached hydrogens (tertiary/aromatic N) is 2. The van der Waals surface area contributed by atoms with Crippen LogP contribution >= 0.6 is 23.5 Å². The number of hydrogen-bond acceptors (Lipinski definition) is 4. The van der Waals surface area contributed by atoms with E-state index in [1.165, 1.54) is 49.4 Å². The first kappa shape index (κ1) is 14.6. The summed E-state index contributed by atoms with van der Waals surface area (Å²) < 4.78 is 2.35. The number of thioether (sulfide) groups is 2. The van der Waals surface area contributed by atoms with Crippen LogP contribution in [0.15, 0.2) is 6.20 Å². The van der Waals surface area contributed by atoms with E-state index in [1.54, 1.807) is 0 Å². The van der Waals surface area contributed by atoms with Gasteiger partial charge in [0.2, 0.25) is 5.95 Å². The molecule has 5 heteroatoms. The van der Waals surface area contributed by atoms with Gasteiger partial charge in [-0.1, -0.05) is 19.3 Å². The maximum absolute atomic E-state index is 4.71. The predicted molar refractivity (Wildman–Crippen MR) is 91.0 cm³/mol. The lowest BCUT2D eigenvalue weighted by atomic mass is 9.96. The summed E-state index contributed by atoms with van der Waals surface area (Å²) in [6, 6.07) is 0.637. The normalized spacial score (nSPS) is 24.8. The third-order valence-corrected chi connectivity index (χ3v) is 6.95. The van der Waals surface area contributed by atoms with Crippen molar-refractivity contribution in [2.24, 2.45) is 0 Å². The fraction of sp³-hybridized carbons (Fsp3) is 0.800. The summed E-state index contributed by atoms with van der Waals surface area (Å²) in [4.78, 5) is 4.71. The summed E-state index contributed by atoms with van der Waals surface area (Å²) in [5, 5.41) is 4.44. The first-order valence-corrected chi connectivity index (χ1v) is 10.0. The molecule has 0 amide bonds. The third kappa shape index (κ3) is 3.88. The van der Waals surface area contributed by atoms with Gasteiger partial charge in [-0.25, -0.2) is 4.98 Å². The topological polar surface area (TPSA) is 29.9 Å². The molecule has 1 N–H and O–H groups in total. The first-order chi connectivity index (χ1) is 9.81. The van der Waals surface area contributed by atoms with Crippen molar-refractivity contribution in [1.82, 2.24) is 9.55 Å². The largest absolute Gasteiger partial charge is 0.353 e. The van der Waals surface area contributed by atoms with Gasteiger partial charge in [-0.05, 0) is 19.8 Å². The van der Waals surface area contributed by atoms with Crippen LogP contribution in [0.3, 0.4) is 0 Å². The van der Waals surface area contributed by atoms with Crippen LogP contribution in [-0.4, -0.2) is 38.1 Å². The average Bonchev–Trinajstić information content (AvgIpc) is 2.81. The molecule has 3 rings (SSSR count). The molecule has 2 fully saturated rings. The minimum atomic E-state index is 0.637. The van der Waals surface area contributed by atoms with Gasteiger partial charge >= 0.3 is 0 Å². The van der Waals surface area contributed by atoms with Crippen LogP contribution in [0.4, 0.5) is 5.95 Å². The van der Waals surface area contributed by atoms with Crippen molar-refractivity contribution in [2.45, 2.75) is 56.9 Å². The Morgan fingerprint density at radius 1 is 1.30 bits per heavy atom. The first-order valence-electron chi connectivity index (χ1n) is 7.81. The Morgan fingerprint density at radius 2 is 2.15 bits per heavy atom. The average molecular weight is 312 g/mol. The molecule has 0 bridgehead atoms. The molecule has 1 saturated heterocycles. The van der Waals surface area contributed by atoms with Crippen LogP contribution in [0.5, 0.6) is 0 Å². The van der Waals surface area contributed by atoms with Crippen molar-refractivity contribution in [3.05, 3.63) is 11.9 Å². The molecule has 1 aliphatic carbocycles. The van der Waals surface area contributed by atoms with E-state index in [-0.39, 0.29) is 0 Å². The number of aromatic nitrogens is 2. The van der Waals surface area contributed by atoms with Gasteiger partial charge < -0.3 is 9.88 Å². The predicted octanol–water partition coefficient (Wildman–Crippen LogP) is 3.78. The molecular formula is C15H25N3S2. The molecule has 1 aromatic heterocycles. The monoisotopic (exact) mass is 311 g/mol. The Labute approximate surface area is 130 Å². The van der Waals surface area contributed by atoms with E-state index in [4.69, 9.17) is 4.98 Å². The lowest BCUT2D eigenvalue weighted by molar-refractivity contribution is 0.459. The molecule has 2 heterocycles. The van der Waals surface area contributed by atoms with Gasteiger partial charge in [0.05, 0.1) is 5.69 Å². The number of hydrogen-bond donors (Lipinski definition) is 1. The summed E-state index contributed by atoms with van der Waals surface area (Å²) in [6.45, 7) is 3.21. The zero-order chi connectivity index (χ0) is 13.8. The smallest absolute Gasteiger partial charge is 0.203 e. The van der Waals surface area contributed by atoms with E-state index >= 15 is 0 Å². The zero-order valence-electron chi connectivity index (χ0n) is 12.3. The van der Waals surface area contributed by atoms with Crippen molar-refractivity contribution < 1.29 is 0 Å². The fourth-order valence-electron chi connectivity index (χ4n) is 3.09. The van der Waals surface area contributed by atoms with Gasteiger partial charge in [0.1, 0.15) is 0 Å². The van der Waals surface area contributed by atoms with Gasteiger partial charge in [-0.2, -0.15) is 23.5 Å². The molecule has 112 valence electrons. The standard InChI is InChI=1S/C15H25N3S2/c1-12-9-18(10-14-11-19-7-8-20-14)15(16-12)17-13-5-3-2-4-6-13/h9,13-14H,2-8,10-11H2,1H3,(H,16,17). The van der Waals surface area contributed by atoms with Crippen LogP contribution in [0.1, 0.15) is 37.8 Å². The maximum Gasteiger partial charge on any atom is 0.203 e. The summed E-state index contributed by atoms with van der Waals surface area (Å²) in [5.74, 6) is 5.00. The van der Waals surface area contributed by atoms with Crippen molar-refractivity contribution >= 4 is 29.5 Å². The van der Waals surface area contributed by atoms with Gasteiger partial charge in [0, 0.05) is 41.3 Å². The van der Waals surface area contributed by atoms with E-state index in [1.807, 2.05) is 0 Å².